The molecule has 0 saturated carbocycles. The molecule has 3 heteroatoms. The summed E-state index contributed by atoms with van der Waals surface area (Å²) in [5.41, 5.74) is -1.52. The molecule has 1 unspecified atom stereocenters. The molecule has 1 saturated heterocycles. The van der Waals surface area contributed by atoms with Gasteiger partial charge in [0.2, 0.25) is 0 Å². The van der Waals surface area contributed by atoms with Crippen LogP contribution in [-0.4, -0.2) is 24.9 Å². The Morgan fingerprint density at radius 3 is 2.50 bits per heavy atom. The molecule has 1 rings (SSSR count). The van der Waals surface area contributed by atoms with E-state index >= 15 is 0 Å². The van der Waals surface area contributed by atoms with E-state index in [-0.39, 0.29) is 12.7 Å². The smallest absolute Gasteiger partial charge is 0.278 e. The monoisotopic (exact) mass is 161 g/mol. The van der Waals surface area contributed by atoms with E-state index < -0.39 is 5.60 Å². The second-order valence-electron chi connectivity index (χ2n) is 2.35. The van der Waals surface area contributed by atoms with Crippen LogP contribution in [0.25, 0.3) is 0 Å². The van der Waals surface area contributed by atoms with Gasteiger partial charge >= 0.3 is 0 Å². The molecule has 60 valence electrons. The van der Waals surface area contributed by atoms with Crippen LogP contribution in [0.3, 0.4) is 0 Å². The van der Waals surface area contributed by atoms with E-state index in [1.165, 1.54) is 0 Å². The summed E-state index contributed by atoms with van der Waals surface area (Å²) in [6.45, 7) is 0.929. The highest BCUT2D eigenvalue weighted by Gasteiger charge is 2.31. The van der Waals surface area contributed by atoms with Crippen LogP contribution in [0.4, 0.5) is 0 Å². The lowest BCUT2D eigenvalue weighted by Gasteiger charge is -2.12. The Bertz CT molecular complexity index is 249. The van der Waals surface area contributed by atoms with Gasteiger partial charge in [-0.2, -0.15) is 5.26 Å². The normalized spacial score (nSPS) is 20.2. The second kappa shape index (κ2) is 3.28. The summed E-state index contributed by atoms with van der Waals surface area (Å²) in [6.07, 6.45) is 10.2. The molecule has 1 aliphatic rings. The van der Waals surface area contributed by atoms with E-state index in [1.54, 1.807) is 6.07 Å². The summed E-state index contributed by atoms with van der Waals surface area (Å²) in [5, 5.41) is 8.61. The Labute approximate surface area is 71.3 Å². The van der Waals surface area contributed by atoms with Gasteiger partial charge in [0.05, 0.1) is 13.2 Å². The van der Waals surface area contributed by atoms with Crippen molar-refractivity contribution < 1.29 is 9.47 Å². The van der Waals surface area contributed by atoms with Gasteiger partial charge < -0.3 is 9.47 Å². The quantitative estimate of drug-likeness (QED) is 0.430. The maximum Gasteiger partial charge on any atom is 0.278 e. The van der Waals surface area contributed by atoms with Gasteiger partial charge in [-0.15, -0.1) is 12.8 Å². The highest BCUT2D eigenvalue weighted by molar-refractivity contribution is 5.35. The molecule has 12 heavy (non-hydrogen) atoms. The molecule has 1 atom stereocenters. The predicted molar refractivity (Wildman–Crippen MR) is 41.7 cm³/mol. The van der Waals surface area contributed by atoms with Crippen molar-refractivity contribution >= 4 is 0 Å². The van der Waals surface area contributed by atoms with E-state index in [0.29, 0.717) is 6.61 Å². The minimum Gasteiger partial charge on any atom is -0.371 e. The Morgan fingerprint density at radius 2 is 2.17 bits per heavy atom. The first-order chi connectivity index (χ1) is 5.76. The Kier molecular flexibility index (Phi) is 2.36. The SMILES string of the molecule is C#CC(C#C)(C#N)OCC1CO1. The summed E-state index contributed by atoms with van der Waals surface area (Å²) in [6, 6.07) is 1.75. The van der Waals surface area contributed by atoms with Crippen molar-refractivity contribution in [1.82, 2.24) is 0 Å². The summed E-state index contributed by atoms with van der Waals surface area (Å²) < 4.78 is 9.91. The van der Waals surface area contributed by atoms with E-state index in [2.05, 4.69) is 11.8 Å². The van der Waals surface area contributed by atoms with Crippen LogP contribution in [0.5, 0.6) is 0 Å². The number of ether oxygens (including phenoxy) is 2. The minimum absolute atomic E-state index is 0.0550. The van der Waals surface area contributed by atoms with Crippen LogP contribution in [0, 0.1) is 36.0 Å². The third-order valence-electron chi connectivity index (χ3n) is 1.45. The number of epoxide rings is 1. The maximum absolute atomic E-state index is 8.61. The molecule has 0 bridgehead atoms. The van der Waals surface area contributed by atoms with E-state index in [0.717, 1.165) is 0 Å². The molecule has 0 aromatic heterocycles. The van der Waals surface area contributed by atoms with Gasteiger partial charge in [-0.1, -0.05) is 0 Å². The van der Waals surface area contributed by atoms with Gasteiger partial charge in [-0.05, 0) is 11.8 Å². The fourth-order valence-electron chi connectivity index (χ4n) is 0.604. The Morgan fingerprint density at radius 1 is 1.58 bits per heavy atom. The van der Waals surface area contributed by atoms with E-state index in [1.807, 2.05) is 0 Å². The molecule has 0 radical (unpaired) electrons. The van der Waals surface area contributed by atoms with Crippen molar-refractivity contribution in [1.29, 1.82) is 5.26 Å². The first kappa shape index (κ1) is 8.62. The number of terminal acetylenes is 2. The van der Waals surface area contributed by atoms with Gasteiger partial charge in [0.15, 0.2) is 0 Å². The summed E-state index contributed by atoms with van der Waals surface area (Å²) in [7, 11) is 0. The third-order valence-corrected chi connectivity index (χ3v) is 1.45. The highest BCUT2D eigenvalue weighted by atomic mass is 16.6. The van der Waals surface area contributed by atoms with Crippen LogP contribution >= 0.6 is 0 Å². The van der Waals surface area contributed by atoms with Gasteiger partial charge in [0.1, 0.15) is 12.2 Å². The van der Waals surface area contributed by atoms with Gasteiger partial charge in [0.25, 0.3) is 5.60 Å². The summed E-state index contributed by atoms with van der Waals surface area (Å²) >= 11 is 0. The number of nitrogens with zero attached hydrogens (tertiary/aromatic N) is 1. The second-order valence-corrected chi connectivity index (χ2v) is 2.35. The van der Waals surface area contributed by atoms with Crippen molar-refractivity contribution in [3.05, 3.63) is 0 Å². The van der Waals surface area contributed by atoms with Crippen molar-refractivity contribution in [3.8, 4) is 30.8 Å². The maximum atomic E-state index is 8.61. The predicted octanol–water partition coefficient (Wildman–Crippen LogP) is -0.0694. The molecule has 3 nitrogen and oxygen atoms in total. The lowest BCUT2D eigenvalue weighted by Crippen LogP contribution is -2.28. The van der Waals surface area contributed by atoms with Crippen LogP contribution in [0.1, 0.15) is 0 Å². The first-order valence-electron chi connectivity index (χ1n) is 3.38. The number of hydrogen-bond donors (Lipinski definition) is 0. The fourth-order valence-corrected chi connectivity index (χ4v) is 0.604. The largest absolute Gasteiger partial charge is 0.371 e. The average molecular weight is 161 g/mol. The van der Waals surface area contributed by atoms with Crippen molar-refractivity contribution in [3.63, 3.8) is 0 Å². The zero-order valence-corrected chi connectivity index (χ0v) is 6.41. The van der Waals surface area contributed by atoms with Crippen LogP contribution in [0.2, 0.25) is 0 Å². The molecule has 0 N–H and O–H groups in total. The van der Waals surface area contributed by atoms with Crippen molar-refractivity contribution in [2.75, 3.05) is 13.2 Å². The number of nitriles is 1. The molecule has 1 aliphatic heterocycles. The molecule has 1 heterocycles. The van der Waals surface area contributed by atoms with Crippen molar-refractivity contribution in [2.45, 2.75) is 11.7 Å². The zero-order chi connectivity index (χ0) is 9.03. The topological polar surface area (TPSA) is 45.5 Å². The summed E-state index contributed by atoms with van der Waals surface area (Å²) in [5.74, 6) is 4.25. The van der Waals surface area contributed by atoms with Crippen molar-refractivity contribution in [2.24, 2.45) is 0 Å². The first-order valence-corrected chi connectivity index (χ1v) is 3.38. The lowest BCUT2D eigenvalue weighted by atomic mass is 10.1. The fraction of sp³-hybridized carbons (Fsp3) is 0.444. The zero-order valence-electron chi connectivity index (χ0n) is 6.41. The minimum atomic E-state index is -1.52. The number of rotatable bonds is 3. The lowest BCUT2D eigenvalue weighted by molar-refractivity contribution is 0.0677. The van der Waals surface area contributed by atoms with Crippen LogP contribution < -0.4 is 0 Å². The molecule has 0 aliphatic carbocycles. The third kappa shape index (κ3) is 1.77. The number of hydrogen-bond acceptors (Lipinski definition) is 3. The van der Waals surface area contributed by atoms with Gasteiger partial charge in [-0.3, -0.25) is 0 Å². The van der Waals surface area contributed by atoms with E-state index in [9.17, 15) is 0 Å². The Hall–Kier alpha value is -1.47. The molecule has 0 aromatic rings. The molecule has 0 amide bonds. The van der Waals surface area contributed by atoms with Gasteiger partial charge in [0, 0.05) is 0 Å². The van der Waals surface area contributed by atoms with Crippen LogP contribution in [-0.2, 0) is 9.47 Å². The van der Waals surface area contributed by atoms with E-state index in [4.69, 9.17) is 27.6 Å². The average Bonchev–Trinajstić information content (AvgIpc) is 2.92. The Balaban J connectivity index is 2.50. The molecule has 0 aromatic carbocycles. The summed E-state index contributed by atoms with van der Waals surface area (Å²) in [4.78, 5) is 0. The highest BCUT2D eigenvalue weighted by Crippen LogP contribution is 2.14. The molecule has 1 fully saturated rings. The van der Waals surface area contributed by atoms with Gasteiger partial charge in [-0.25, -0.2) is 0 Å². The molecular weight excluding hydrogens is 154 g/mol. The molecular formula is C9H7NO2. The molecule has 0 spiro atoms. The van der Waals surface area contributed by atoms with Crippen LogP contribution in [0.15, 0.2) is 0 Å². The standard InChI is InChI=1S/C9H7NO2/c1-3-9(4-2,7-10)12-6-8-5-11-8/h1-2,8H,5-6H2.